The number of Topliss-reactive ketones (excluding diaryl/α,β-unsaturated/α-hetero) is 1. The molecule has 1 fully saturated rings. The van der Waals surface area contributed by atoms with Crippen molar-refractivity contribution in [3.05, 3.63) is 17.2 Å². The first-order valence-corrected chi connectivity index (χ1v) is 6.54. The Hall–Kier alpha value is -1.20. The Bertz CT molecular complexity index is 573. The lowest BCUT2D eigenvalue weighted by Gasteiger charge is -2.28. The van der Waals surface area contributed by atoms with Gasteiger partial charge in [0.2, 0.25) is 0 Å². The quantitative estimate of drug-likeness (QED) is 0.797. The van der Waals surface area contributed by atoms with Gasteiger partial charge in [-0.05, 0) is 12.1 Å². The topological polar surface area (TPSA) is 46.1 Å². The summed E-state index contributed by atoms with van der Waals surface area (Å²) in [6.07, 6.45) is 1.18. The van der Waals surface area contributed by atoms with E-state index in [1.54, 1.807) is 0 Å². The van der Waals surface area contributed by atoms with Gasteiger partial charge in [-0.15, -0.1) is 0 Å². The maximum atomic E-state index is 11.3. The van der Waals surface area contributed by atoms with Gasteiger partial charge in [0.05, 0.1) is 22.4 Å². The number of ketones is 1. The van der Waals surface area contributed by atoms with Crippen molar-refractivity contribution in [1.82, 2.24) is 8.75 Å². The molecule has 4 nitrogen and oxygen atoms in total. The van der Waals surface area contributed by atoms with Gasteiger partial charge >= 0.3 is 0 Å². The number of halogens is 1. The fourth-order valence-corrected chi connectivity index (χ4v) is 2.90. The monoisotopic (exact) mass is 267 g/mol. The van der Waals surface area contributed by atoms with Crippen LogP contribution < -0.4 is 4.90 Å². The third kappa shape index (κ3) is 1.89. The lowest BCUT2D eigenvalue weighted by atomic mass is 10.1. The number of piperidine rings is 1. The first-order chi connectivity index (χ1) is 8.25. The summed E-state index contributed by atoms with van der Waals surface area (Å²) in [5, 5.41) is 0.680. The van der Waals surface area contributed by atoms with E-state index in [0.717, 1.165) is 29.8 Å². The molecule has 0 amide bonds. The number of fused-ring (bicyclic) bond motifs is 1. The summed E-state index contributed by atoms with van der Waals surface area (Å²) in [5.74, 6) is 0.320. The van der Waals surface area contributed by atoms with E-state index in [9.17, 15) is 4.79 Å². The summed E-state index contributed by atoms with van der Waals surface area (Å²) in [7, 11) is 0. The second-order valence-electron chi connectivity index (χ2n) is 4.05. The molecule has 1 aliphatic heterocycles. The maximum Gasteiger partial charge on any atom is 0.136 e. The fraction of sp³-hybridized carbons (Fsp3) is 0.364. The molecule has 0 spiro atoms. The van der Waals surface area contributed by atoms with E-state index in [-0.39, 0.29) is 0 Å². The smallest absolute Gasteiger partial charge is 0.136 e. The Morgan fingerprint density at radius 3 is 2.76 bits per heavy atom. The molecule has 2 aromatic rings. The highest BCUT2D eigenvalue weighted by atomic mass is 35.5. The third-order valence-electron chi connectivity index (χ3n) is 2.99. The van der Waals surface area contributed by atoms with Crippen molar-refractivity contribution in [2.45, 2.75) is 12.8 Å². The van der Waals surface area contributed by atoms with Crippen LogP contribution in [0.2, 0.25) is 5.02 Å². The molecular formula is C11H10ClN3OS. The van der Waals surface area contributed by atoms with Crippen LogP contribution in [0.25, 0.3) is 11.0 Å². The molecule has 2 heterocycles. The van der Waals surface area contributed by atoms with Crippen molar-refractivity contribution in [3.63, 3.8) is 0 Å². The molecule has 6 heteroatoms. The maximum absolute atomic E-state index is 11.3. The highest BCUT2D eigenvalue weighted by molar-refractivity contribution is 7.00. The molecule has 0 radical (unpaired) electrons. The predicted molar refractivity (Wildman–Crippen MR) is 68.9 cm³/mol. The Kier molecular flexibility index (Phi) is 2.72. The Morgan fingerprint density at radius 1 is 1.24 bits per heavy atom. The Balaban J connectivity index is 2.06. The van der Waals surface area contributed by atoms with Crippen LogP contribution in [0.1, 0.15) is 12.8 Å². The molecule has 1 aromatic carbocycles. The van der Waals surface area contributed by atoms with E-state index in [1.807, 2.05) is 12.1 Å². The van der Waals surface area contributed by atoms with Gasteiger partial charge in [-0.3, -0.25) is 4.79 Å². The van der Waals surface area contributed by atoms with Gasteiger partial charge < -0.3 is 4.90 Å². The van der Waals surface area contributed by atoms with Gasteiger partial charge in [-0.1, -0.05) is 11.6 Å². The van der Waals surface area contributed by atoms with E-state index >= 15 is 0 Å². The van der Waals surface area contributed by atoms with Crippen LogP contribution in [0.4, 0.5) is 5.69 Å². The molecule has 1 aromatic heterocycles. The number of rotatable bonds is 1. The fourth-order valence-electron chi connectivity index (χ4n) is 2.09. The number of anilines is 1. The van der Waals surface area contributed by atoms with Crippen molar-refractivity contribution in [2.24, 2.45) is 0 Å². The number of carbonyl (C=O) groups is 1. The number of hydrogen-bond acceptors (Lipinski definition) is 5. The summed E-state index contributed by atoms with van der Waals surface area (Å²) in [4.78, 5) is 13.4. The van der Waals surface area contributed by atoms with E-state index in [1.165, 1.54) is 11.7 Å². The summed E-state index contributed by atoms with van der Waals surface area (Å²) in [6.45, 7) is 1.43. The second-order valence-corrected chi connectivity index (χ2v) is 4.99. The van der Waals surface area contributed by atoms with Gasteiger partial charge in [-0.2, -0.15) is 8.75 Å². The van der Waals surface area contributed by atoms with Gasteiger partial charge in [-0.25, -0.2) is 0 Å². The zero-order chi connectivity index (χ0) is 11.8. The Morgan fingerprint density at radius 2 is 2.00 bits per heavy atom. The largest absolute Gasteiger partial charge is 0.368 e. The number of aromatic nitrogens is 2. The highest BCUT2D eigenvalue weighted by Gasteiger charge is 2.21. The predicted octanol–water partition coefficient (Wildman–Crippen LogP) is 2.51. The van der Waals surface area contributed by atoms with Crippen LogP contribution in [0.3, 0.4) is 0 Å². The molecule has 1 aliphatic rings. The molecule has 0 N–H and O–H groups in total. The van der Waals surface area contributed by atoms with Gasteiger partial charge in [0.1, 0.15) is 16.8 Å². The summed E-state index contributed by atoms with van der Waals surface area (Å²) in [5.41, 5.74) is 2.63. The standard InChI is InChI=1S/C11H10ClN3OS/c12-8-1-2-9-10(14-17-13-9)11(8)15-5-3-7(16)4-6-15/h1-2H,3-6H2. The van der Waals surface area contributed by atoms with E-state index < -0.39 is 0 Å². The SMILES string of the molecule is O=C1CCN(c2c(Cl)ccc3nsnc23)CC1. The van der Waals surface area contributed by atoms with Gasteiger partial charge in [0, 0.05) is 25.9 Å². The van der Waals surface area contributed by atoms with Gasteiger partial charge in [0.25, 0.3) is 0 Å². The van der Waals surface area contributed by atoms with Crippen LogP contribution >= 0.6 is 23.3 Å². The summed E-state index contributed by atoms with van der Waals surface area (Å²) in [6, 6.07) is 3.72. The second kappa shape index (κ2) is 4.23. The molecule has 1 saturated heterocycles. The first-order valence-electron chi connectivity index (χ1n) is 5.43. The summed E-state index contributed by atoms with van der Waals surface area (Å²) >= 11 is 7.43. The normalized spacial score (nSPS) is 16.8. The van der Waals surface area contributed by atoms with Crippen molar-refractivity contribution >= 4 is 45.8 Å². The molecule has 88 valence electrons. The van der Waals surface area contributed by atoms with E-state index in [2.05, 4.69) is 13.6 Å². The minimum Gasteiger partial charge on any atom is -0.368 e. The van der Waals surface area contributed by atoms with Crippen molar-refractivity contribution in [1.29, 1.82) is 0 Å². The third-order valence-corrected chi connectivity index (χ3v) is 3.84. The van der Waals surface area contributed by atoms with Crippen molar-refractivity contribution < 1.29 is 4.79 Å². The number of hydrogen-bond donors (Lipinski definition) is 0. The average Bonchev–Trinajstić information content (AvgIpc) is 2.79. The zero-order valence-corrected chi connectivity index (χ0v) is 10.6. The highest BCUT2D eigenvalue weighted by Crippen LogP contribution is 2.34. The molecule has 3 rings (SSSR count). The molecule has 0 unspecified atom stereocenters. The van der Waals surface area contributed by atoms with Crippen molar-refractivity contribution in [2.75, 3.05) is 18.0 Å². The van der Waals surface area contributed by atoms with Crippen LogP contribution in [0, 0.1) is 0 Å². The lowest BCUT2D eigenvalue weighted by molar-refractivity contribution is -0.119. The van der Waals surface area contributed by atoms with Crippen LogP contribution in [0.15, 0.2) is 12.1 Å². The number of benzene rings is 1. The van der Waals surface area contributed by atoms with Crippen LogP contribution in [-0.4, -0.2) is 27.6 Å². The molecular weight excluding hydrogens is 258 g/mol. The Labute approximate surface area is 108 Å². The minimum atomic E-state index is 0.320. The molecule has 17 heavy (non-hydrogen) atoms. The summed E-state index contributed by atoms with van der Waals surface area (Å²) < 4.78 is 8.50. The van der Waals surface area contributed by atoms with Crippen LogP contribution in [0.5, 0.6) is 0 Å². The minimum absolute atomic E-state index is 0.320. The number of carbonyl (C=O) groups excluding carboxylic acids is 1. The molecule has 0 aliphatic carbocycles. The van der Waals surface area contributed by atoms with Crippen molar-refractivity contribution in [3.8, 4) is 0 Å². The molecule has 0 bridgehead atoms. The number of nitrogens with zero attached hydrogens (tertiary/aromatic N) is 3. The van der Waals surface area contributed by atoms with Crippen LogP contribution in [-0.2, 0) is 4.79 Å². The first kappa shape index (κ1) is 10.9. The van der Waals surface area contributed by atoms with E-state index in [4.69, 9.17) is 11.6 Å². The average molecular weight is 268 g/mol. The van der Waals surface area contributed by atoms with Gasteiger partial charge in [0.15, 0.2) is 0 Å². The lowest BCUT2D eigenvalue weighted by Crippen LogP contribution is -2.34. The molecule has 0 atom stereocenters. The zero-order valence-electron chi connectivity index (χ0n) is 9.02. The molecule has 0 saturated carbocycles. The van der Waals surface area contributed by atoms with E-state index in [0.29, 0.717) is 23.6 Å².